The Hall–Kier alpha value is -1.58. The highest BCUT2D eigenvalue weighted by atomic mass is 16.2. The average molecular weight is 290 g/mol. The molecular weight excluding hydrogens is 264 g/mol. The Kier molecular flexibility index (Phi) is 5.59. The summed E-state index contributed by atoms with van der Waals surface area (Å²) in [6, 6.07) is 0.358. The van der Waals surface area contributed by atoms with Gasteiger partial charge >= 0.3 is 0 Å². The van der Waals surface area contributed by atoms with E-state index in [4.69, 9.17) is 0 Å². The van der Waals surface area contributed by atoms with E-state index in [-0.39, 0.29) is 17.7 Å². The van der Waals surface area contributed by atoms with Crippen LogP contribution in [0.15, 0.2) is 25.3 Å². The third-order valence-electron chi connectivity index (χ3n) is 4.53. The van der Waals surface area contributed by atoms with E-state index in [0.29, 0.717) is 32.1 Å². The highest BCUT2D eigenvalue weighted by Crippen LogP contribution is 2.29. The maximum atomic E-state index is 12.6. The van der Waals surface area contributed by atoms with E-state index in [0.717, 1.165) is 12.8 Å². The minimum atomic E-state index is -0.195. The molecule has 21 heavy (non-hydrogen) atoms. The van der Waals surface area contributed by atoms with Gasteiger partial charge in [0.25, 0.3) is 0 Å². The standard InChI is InChI=1S/C17H26N2O2/c1-3-10-18(11-4-2)17(21)14-12-16(20)19(13-14)15-8-6-5-7-9-15/h3-4,14-15H,1-2,5-13H2. The predicted octanol–water partition coefficient (Wildman–Crippen LogP) is 2.37. The monoisotopic (exact) mass is 290 g/mol. The van der Waals surface area contributed by atoms with Gasteiger partial charge < -0.3 is 9.80 Å². The second kappa shape index (κ2) is 7.43. The van der Waals surface area contributed by atoms with Crippen molar-refractivity contribution < 1.29 is 9.59 Å². The van der Waals surface area contributed by atoms with E-state index in [1.165, 1.54) is 19.3 Å². The molecule has 1 unspecified atom stereocenters. The summed E-state index contributed by atoms with van der Waals surface area (Å²) in [6.45, 7) is 9.00. The van der Waals surface area contributed by atoms with Crippen LogP contribution in [0, 0.1) is 5.92 Å². The maximum Gasteiger partial charge on any atom is 0.228 e. The number of nitrogens with zero attached hydrogens (tertiary/aromatic N) is 2. The van der Waals surface area contributed by atoms with Crippen LogP contribution in [-0.4, -0.2) is 47.3 Å². The maximum absolute atomic E-state index is 12.6. The number of rotatable bonds is 6. The Balaban J connectivity index is 1.98. The summed E-state index contributed by atoms with van der Waals surface area (Å²) in [4.78, 5) is 28.5. The molecule has 2 rings (SSSR count). The number of amides is 2. The first-order chi connectivity index (χ1) is 10.2. The highest BCUT2D eigenvalue weighted by Gasteiger charge is 2.39. The van der Waals surface area contributed by atoms with Gasteiger partial charge in [-0.1, -0.05) is 31.4 Å². The molecule has 0 aromatic heterocycles. The minimum Gasteiger partial charge on any atom is -0.339 e. The van der Waals surface area contributed by atoms with Crippen molar-refractivity contribution in [3.63, 3.8) is 0 Å². The van der Waals surface area contributed by atoms with Gasteiger partial charge in [-0.25, -0.2) is 0 Å². The lowest BCUT2D eigenvalue weighted by Crippen LogP contribution is -2.40. The lowest BCUT2D eigenvalue weighted by atomic mass is 9.94. The summed E-state index contributed by atoms with van der Waals surface area (Å²) < 4.78 is 0. The molecule has 0 bridgehead atoms. The molecule has 1 saturated carbocycles. The van der Waals surface area contributed by atoms with Gasteiger partial charge in [0.2, 0.25) is 11.8 Å². The second-order valence-electron chi connectivity index (χ2n) is 6.06. The van der Waals surface area contributed by atoms with E-state index in [2.05, 4.69) is 13.2 Å². The highest BCUT2D eigenvalue weighted by molar-refractivity contribution is 5.89. The molecule has 2 aliphatic rings. The molecule has 4 heteroatoms. The molecule has 0 aromatic rings. The van der Waals surface area contributed by atoms with Crippen LogP contribution in [0.4, 0.5) is 0 Å². The van der Waals surface area contributed by atoms with E-state index in [1.54, 1.807) is 17.1 Å². The Labute approximate surface area is 127 Å². The van der Waals surface area contributed by atoms with E-state index in [9.17, 15) is 9.59 Å². The fourth-order valence-corrected chi connectivity index (χ4v) is 3.47. The van der Waals surface area contributed by atoms with Crippen LogP contribution in [0.5, 0.6) is 0 Å². The van der Waals surface area contributed by atoms with Crippen molar-refractivity contribution in [3.05, 3.63) is 25.3 Å². The van der Waals surface area contributed by atoms with Gasteiger partial charge in [0.1, 0.15) is 0 Å². The molecule has 4 nitrogen and oxygen atoms in total. The molecule has 0 spiro atoms. The molecule has 0 N–H and O–H groups in total. The molecule has 0 aromatic carbocycles. The molecule has 116 valence electrons. The van der Waals surface area contributed by atoms with Crippen LogP contribution in [0.3, 0.4) is 0 Å². The SMILES string of the molecule is C=CCN(CC=C)C(=O)C1CC(=O)N(C2CCCCC2)C1. The number of hydrogen-bond acceptors (Lipinski definition) is 2. The van der Waals surface area contributed by atoms with E-state index in [1.807, 2.05) is 4.90 Å². The minimum absolute atomic E-state index is 0.0569. The quantitative estimate of drug-likeness (QED) is 0.705. The Morgan fingerprint density at radius 2 is 1.81 bits per heavy atom. The third kappa shape index (κ3) is 3.74. The molecule has 2 amide bonds. The fourth-order valence-electron chi connectivity index (χ4n) is 3.47. The summed E-state index contributed by atoms with van der Waals surface area (Å²) in [6.07, 6.45) is 9.66. The second-order valence-corrected chi connectivity index (χ2v) is 6.06. The smallest absolute Gasteiger partial charge is 0.228 e. The normalized spacial score (nSPS) is 23.1. The fraction of sp³-hybridized carbons (Fsp3) is 0.647. The summed E-state index contributed by atoms with van der Waals surface area (Å²) in [5.41, 5.74) is 0. The van der Waals surface area contributed by atoms with Crippen LogP contribution in [0.25, 0.3) is 0 Å². The van der Waals surface area contributed by atoms with Crippen molar-refractivity contribution >= 4 is 11.8 Å². The number of carbonyl (C=O) groups is 2. The summed E-state index contributed by atoms with van der Waals surface area (Å²) in [5, 5.41) is 0. The van der Waals surface area contributed by atoms with Crippen LogP contribution < -0.4 is 0 Å². The zero-order chi connectivity index (χ0) is 15.2. The van der Waals surface area contributed by atoms with E-state index < -0.39 is 0 Å². The van der Waals surface area contributed by atoms with Gasteiger partial charge in [0, 0.05) is 32.1 Å². The third-order valence-corrected chi connectivity index (χ3v) is 4.53. The van der Waals surface area contributed by atoms with Gasteiger partial charge in [0.15, 0.2) is 0 Å². The molecule has 1 saturated heterocycles. The lowest BCUT2D eigenvalue weighted by Gasteiger charge is -2.31. The van der Waals surface area contributed by atoms with Crippen LogP contribution in [0.1, 0.15) is 38.5 Å². The predicted molar refractivity (Wildman–Crippen MR) is 83.7 cm³/mol. The zero-order valence-corrected chi connectivity index (χ0v) is 12.8. The first-order valence-electron chi connectivity index (χ1n) is 7.97. The summed E-state index contributed by atoms with van der Waals surface area (Å²) >= 11 is 0. The van der Waals surface area contributed by atoms with Crippen LogP contribution in [-0.2, 0) is 9.59 Å². The Morgan fingerprint density at radius 3 is 2.38 bits per heavy atom. The number of hydrogen-bond donors (Lipinski definition) is 0. The molecule has 0 radical (unpaired) electrons. The molecular formula is C17H26N2O2. The molecule has 1 aliphatic heterocycles. The number of likely N-dealkylation sites (tertiary alicyclic amines) is 1. The Bertz CT molecular complexity index is 403. The van der Waals surface area contributed by atoms with Crippen molar-refractivity contribution in [1.82, 2.24) is 9.80 Å². The first kappa shape index (κ1) is 15.8. The molecule has 1 heterocycles. The number of carbonyl (C=O) groups excluding carboxylic acids is 2. The van der Waals surface area contributed by atoms with Crippen molar-refractivity contribution in [2.75, 3.05) is 19.6 Å². The Morgan fingerprint density at radius 1 is 1.19 bits per heavy atom. The molecule has 1 aliphatic carbocycles. The van der Waals surface area contributed by atoms with Crippen LogP contribution >= 0.6 is 0 Å². The largest absolute Gasteiger partial charge is 0.339 e. The van der Waals surface area contributed by atoms with Crippen molar-refractivity contribution in [2.24, 2.45) is 5.92 Å². The van der Waals surface area contributed by atoms with E-state index >= 15 is 0 Å². The van der Waals surface area contributed by atoms with Gasteiger partial charge in [-0.05, 0) is 12.8 Å². The molecule has 1 atom stereocenters. The van der Waals surface area contributed by atoms with Crippen molar-refractivity contribution in [3.8, 4) is 0 Å². The summed E-state index contributed by atoms with van der Waals surface area (Å²) in [5.74, 6) is 0.0122. The van der Waals surface area contributed by atoms with Gasteiger partial charge in [-0.2, -0.15) is 0 Å². The van der Waals surface area contributed by atoms with Crippen molar-refractivity contribution in [1.29, 1.82) is 0 Å². The summed E-state index contributed by atoms with van der Waals surface area (Å²) in [7, 11) is 0. The van der Waals surface area contributed by atoms with Gasteiger partial charge in [-0.3, -0.25) is 9.59 Å². The average Bonchev–Trinajstić information content (AvgIpc) is 2.89. The topological polar surface area (TPSA) is 40.6 Å². The van der Waals surface area contributed by atoms with Gasteiger partial charge in [0.05, 0.1) is 5.92 Å². The van der Waals surface area contributed by atoms with Crippen molar-refractivity contribution in [2.45, 2.75) is 44.6 Å². The first-order valence-corrected chi connectivity index (χ1v) is 7.97. The lowest BCUT2D eigenvalue weighted by molar-refractivity contribution is -0.135. The zero-order valence-electron chi connectivity index (χ0n) is 12.8. The van der Waals surface area contributed by atoms with Crippen LogP contribution in [0.2, 0.25) is 0 Å². The van der Waals surface area contributed by atoms with Gasteiger partial charge in [-0.15, -0.1) is 13.2 Å². The molecule has 2 fully saturated rings.